The van der Waals surface area contributed by atoms with Gasteiger partial charge in [0.05, 0.1) is 48.8 Å². The van der Waals surface area contributed by atoms with Gasteiger partial charge in [-0.2, -0.15) is 0 Å². The second-order valence-corrected chi connectivity index (χ2v) is 9.35. The largest absolute Gasteiger partial charge is 0.458 e. The fraction of sp³-hybridized carbons (Fsp3) is 0.385. The van der Waals surface area contributed by atoms with Gasteiger partial charge in [-0.25, -0.2) is 9.78 Å². The average molecular weight is 523 g/mol. The Bertz CT molecular complexity index is 1570. The summed E-state index contributed by atoms with van der Waals surface area (Å²) in [5, 5.41) is 14.6. The van der Waals surface area contributed by atoms with Crippen LogP contribution in [0.3, 0.4) is 0 Å². The van der Waals surface area contributed by atoms with Crippen molar-refractivity contribution in [2.24, 2.45) is 5.73 Å². The highest BCUT2D eigenvalue weighted by Gasteiger charge is 2.45. The van der Waals surface area contributed by atoms with Crippen molar-refractivity contribution in [3.05, 3.63) is 50.8 Å². The third kappa shape index (κ3) is 3.63. The van der Waals surface area contributed by atoms with Gasteiger partial charge in [0, 0.05) is 29.1 Å². The van der Waals surface area contributed by atoms with Gasteiger partial charge in [0.15, 0.2) is 17.1 Å². The highest BCUT2D eigenvalue weighted by Crippen LogP contribution is 2.43. The lowest BCUT2D eigenvalue weighted by molar-refractivity contribution is -0.172. The van der Waals surface area contributed by atoms with Crippen molar-refractivity contribution < 1.29 is 33.6 Å². The number of pyridine rings is 2. The zero-order valence-corrected chi connectivity index (χ0v) is 20.7. The van der Waals surface area contributed by atoms with E-state index in [1.54, 1.807) is 23.6 Å². The number of rotatable bonds is 7. The molecule has 2 aromatic heterocycles. The zero-order chi connectivity index (χ0) is 26.6. The summed E-state index contributed by atoms with van der Waals surface area (Å²) in [7, 11) is 0. The molecule has 38 heavy (non-hydrogen) atoms. The number of hydrogen-bond acceptors (Lipinski definition) is 10. The number of benzene rings is 1. The van der Waals surface area contributed by atoms with Crippen molar-refractivity contribution in [2.75, 3.05) is 26.5 Å². The van der Waals surface area contributed by atoms with E-state index in [2.05, 4.69) is 5.32 Å². The third-order valence-electron chi connectivity index (χ3n) is 7.30. The van der Waals surface area contributed by atoms with E-state index in [1.165, 1.54) is 0 Å². The SMILES string of the molecule is CC[C@@]1(O)C(=O)OCc2c1cc1n(c2=O)Cc2c-1nc1cc3c(cc1c2COCCNC(=O)CN)OCO3. The fourth-order valence-electron chi connectivity index (χ4n) is 5.23. The van der Waals surface area contributed by atoms with Crippen LogP contribution in [0.1, 0.15) is 35.6 Å². The Kier molecular flexibility index (Phi) is 5.82. The van der Waals surface area contributed by atoms with Gasteiger partial charge in [-0.15, -0.1) is 0 Å². The molecule has 12 nitrogen and oxygen atoms in total. The number of carbonyl (C=O) groups excluding carboxylic acids is 2. The Morgan fingerprint density at radius 3 is 2.76 bits per heavy atom. The van der Waals surface area contributed by atoms with Crippen LogP contribution in [0.5, 0.6) is 11.5 Å². The molecule has 198 valence electrons. The van der Waals surface area contributed by atoms with E-state index in [1.807, 2.05) is 6.07 Å². The van der Waals surface area contributed by atoms with Crippen LogP contribution in [0.25, 0.3) is 22.3 Å². The first kappa shape index (κ1) is 24.3. The molecule has 0 saturated carbocycles. The number of fused-ring (bicyclic) bond motifs is 6. The van der Waals surface area contributed by atoms with E-state index >= 15 is 0 Å². The molecule has 0 saturated heterocycles. The molecule has 0 fully saturated rings. The molecule has 0 radical (unpaired) electrons. The molecule has 0 spiro atoms. The number of hydrogen-bond donors (Lipinski definition) is 3. The maximum Gasteiger partial charge on any atom is 0.343 e. The van der Waals surface area contributed by atoms with E-state index in [0.29, 0.717) is 34.9 Å². The zero-order valence-electron chi connectivity index (χ0n) is 20.7. The van der Waals surface area contributed by atoms with Gasteiger partial charge >= 0.3 is 5.97 Å². The number of ether oxygens (including phenoxy) is 4. The van der Waals surface area contributed by atoms with Crippen LogP contribution in [-0.4, -0.2) is 53.0 Å². The molecule has 1 amide bonds. The van der Waals surface area contributed by atoms with Gasteiger partial charge in [-0.05, 0) is 24.1 Å². The maximum atomic E-state index is 13.6. The molecule has 12 heteroatoms. The minimum absolute atomic E-state index is 0.0585. The highest BCUT2D eigenvalue weighted by molar-refractivity contribution is 5.91. The third-order valence-corrected chi connectivity index (χ3v) is 7.30. The Hall–Kier alpha value is -4.00. The van der Waals surface area contributed by atoms with Crippen LogP contribution in [-0.2, 0) is 44.4 Å². The van der Waals surface area contributed by atoms with Crippen molar-refractivity contribution >= 4 is 22.8 Å². The maximum absolute atomic E-state index is 13.6. The number of esters is 1. The smallest absolute Gasteiger partial charge is 0.343 e. The molecule has 3 aliphatic heterocycles. The molecule has 1 aromatic carbocycles. The summed E-state index contributed by atoms with van der Waals surface area (Å²) < 4.78 is 23.8. The highest BCUT2D eigenvalue weighted by atomic mass is 16.7. The number of aliphatic hydroxyl groups is 1. The van der Waals surface area contributed by atoms with Crippen molar-refractivity contribution in [1.82, 2.24) is 14.9 Å². The van der Waals surface area contributed by atoms with Crippen LogP contribution in [0.2, 0.25) is 0 Å². The summed E-state index contributed by atoms with van der Waals surface area (Å²) in [6.07, 6.45) is 0.0585. The summed E-state index contributed by atoms with van der Waals surface area (Å²) in [5.74, 6) is 0.0997. The van der Waals surface area contributed by atoms with E-state index in [0.717, 1.165) is 16.5 Å². The van der Waals surface area contributed by atoms with Gasteiger partial charge in [0.25, 0.3) is 5.56 Å². The molecular formula is C26H26N4O8. The average Bonchev–Trinajstić information content (AvgIpc) is 3.53. The van der Waals surface area contributed by atoms with Crippen LogP contribution >= 0.6 is 0 Å². The summed E-state index contributed by atoms with van der Waals surface area (Å²) in [5.41, 5.74) is 6.86. The number of carbonyl (C=O) groups is 2. The lowest BCUT2D eigenvalue weighted by Gasteiger charge is -2.31. The predicted molar refractivity (Wildman–Crippen MR) is 132 cm³/mol. The predicted octanol–water partition coefficient (Wildman–Crippen LogP) is 0.400. The normalized spacial score (nSPS) is 18.7. The number of aromatic nitrogens is 2. The van der Waals surface area contributed by atoms with E-state index in [-0.39, 0.29) is 68.7 Å². The number of amides is 1. The molecular weight excluding hydrogens is 496 g/mol. The molecule has 3 aromatic rings. The topological polar surface area (TPSA) is 164 Å². The van der Waals surface area contributed by atoms with Crippen LogP contribution < -0.4 is 26.1 Å². The first-order chi connectivity index (χ1) is 18.4. The second kappa shape index (κ2) is 9.08. The van der Waals surface area contributed by atoms with Gasteiger partial charge in [0.2, 0.25) is 12.7 Å². The molecule has 0 aliphatic carbocycles. The van der Waals surface area contributed by atoms with Gasteiger partial charge in [-0.3, -0.25) is 9.59 Å². The molecule has 5 heterocycles. The van der Waals surface area contributed by atoms with E-state index in [9.17, 15) is 19.5 Å². The molecule has 6 rings (SSSR count). The Morgan fingerprint density at radius 2 is 2.00 bits per heavy atom. The molecule has 0 unspecified atom stereocenters. The monoisotopic (exact) mass is 522 g/mol. The van der Waals surface area contributed by atoms with Crippen LogP contribution in [0.15, 0.2) is 23.0 Å². The first-order valence-electron chi connectivity index (χ1n) is 12.3. The van der Waals surface area contributed by atoms with Crippen molar-refractivity contribution in [2.45, 2.75) is 38.7 Å². The van der Waals surface area contributed by atoms with Crippen molar-refractivity contribution in [3.8, 4) is 22.9 Å². The Labute approximate surface area is 216 Å². The number of nitrogens with two attached hydrogens (primary N) is 1. The lowest BCUT2D eigenvalue weighted by atomic mass is 9.86. The number of cyclic esters (lactones) is 1. The number of nitrogens with one attached hydrogen (secondary N) is 1. The van der Waals surface area contributed by atoms with Crippen LogP contribution in [0.4, 0.5) is 0 Å². The molecule has 0 bridgehead atoms. The molecule has 3 aliphatic rings. The summed E-state index contributed by atoms with van der Waals surface area (Å²) >= 11 is 0. The minimum atomic E-state index is -1.91. The Balaban J connectivity index is 1.47. The standard InChI is InChI=1S/C26H26N4O8/c1-2-26(34)17-6-19-23-14(9-30(19)24(32)16(17)11-36-25(26)33)15(10-35-4-3-28-22(31)8-27)13-5-20-21(38-12-37-20)7-18(13)29-23/h5-7,34H,2-4,8-12,27H2,1H3,(H,28,31)/t26-/m0/s1. The summed E-state index contributed by atoms with van der Waals surface area (Å²) in [4.78, 5) is 42.3. The minimum Gasteiger partial charge on any atom is -0.458 e. The molecule has 1 atom stereocenters. The number of nitrogens with zero attached hydrogens (tertiary/aromatic N) is 2. The summed E-state index contributed by atoms with van der Waals surface area (Å²) in [6.45, 7) is 2.42. The van der Waals surface area contributed by atoms with E-state index in [4.69, 9.17) is 29.7 Å². The van der Waals surface area contributed by atoms with E-state index < -0.39 is 11.6 Å². The quantitative estimate of drug-likeness (QED) is 0.229. The van der Waals surface area contributed by atoms with Crippen LogP contribution in [0, 0.1) is 0 Å². The first-order valence-corrected chi connectivity index (χ1v) is 12.3. The lowest BCUT2D eigenvalue weighted by Crippen LogP contribution is -2.44. The summed E-state index contributed by atoms with van der Waals surface area (Å²) in [6, 6.07) is 5.30. The van der Waals surface area contributed by atoms with Gasteiger partial charge in [0.1, 0.15) is 6.61 Å². The van der Waals surface area contributed by atoms with Gasteiger partial charge < -0.3 is 39.7 Å². The fourth-order valence-corrected chi connectivity index (χ4v) is 5.23. The van der Waals surface area contributed by atoms with Crippen molar-refractivity contribution in [3.63, 3.8) is 0 Å². The van der Waals surface area contributed by atoms with Crippen molar-refractivity contribution in [1.29, 1.82) is 0 Å². The molecule has 4 N–H and O–H groups in total. The van der Waals surface area contributed by atoms with Gasteiger partial charge in [-0.1, -0.05) is 6.92 Å². The second-order valence-electron chi connectivity index (χ2n) is 9.35. The Morgan fingerprint density at radius 1 is 1.21 bits per heavy atom.